The molecule has 128 valence electrons. The van der Waals surface area contributed by atoms with Crippen LogP contribution in [0.3, 0.4) is 0 Å². The van der Waals surface area contributed by atoms with E-state index in [9.17, 15) is 4.79 Å². The molecule has 2 rings (SSSR count). The minimum absolute atomic E-state index is 0.0237. The van der Waals surface area contributed by atoms with E-state index in [2.05, 4.69) is 43.4 Å². The number of thioether (sulfide) groups is 1. The molecule has 0 aromatic heterocycles. The van der Waals surface area contributed by atoms with Crippen LogP contribution in [0.2, 0.25) is 10.0 Å². The van der Waals surface area contributed by atoms with Crippen LogP contribution in [0.5, 0.6) is 0 Å². The Morgan fingerprint density at radius 1 is 1.12 bits per heavy atom. The van der Waals surface area contributed by atoms with Gasteiger partial charge >= 0.3 is 0 Å². The minimum atomic E-state index is 0.0237. The van der Waals surface area contributed by atoms with Crippen molar-refractivity contribution >= 4 is 40.9 Å². The number of rotatable bonds is 7. The Hall–Kier alpha value is -1.16. The SMILES string of the molecule is CC[C@@H](NC(=O)CSCc1c(Cl)cccc1Cl)c1ccc(C)cc1. The average Bonchev–Trinajstić information content (AvgIpc) is 2.56. The molecule has 1 amide bonds. The van der Waals surface area contributed by atoms with Crippen molar-refractivity contribution in [2.45, 2.75) is 32.1 Å². The maximum Gasteiger partial charge on any atom is 0.230 e. The molecule has 0 radical (unpaired) electrons. The van der Waals surface area contributed by atoms with Crippen molar-refractivity contribution in [1.82, 2.24) is 5.32 Å². The normalized spacial score (nSPS) is 12.0. The fourth-order valence-corrected chi connectivity index (χ4v) is 3.95. The minimum Gasteiger partial charge on any atom is -0.349 e. The van der Waals surface area contributed by atoms with E-state index in [0.29, 0.717) is 21.6 Å². The molecule has 0 heterocycles. The van der Waals surface area contributed by atoms with Gasteiger partial charge in [-0.2, -0.15) is 0 Å². The standard InChI is InChI=1S/C19H21Cl2NOS/c1-3-18(14-9-7-13(2)8-10-14)22-19(23)12-24-11-15-16(20)5-4-6-17(15)21/h4-10,18H,3,11-12H2,1-2H3,(H,22,23)/t18-/m1/s1. The van der Waals surface area contributed by atoms with Gasteiger partial charge in [0, 0.05) is 15.8 Å². The topological polar surface area (TPSA) is 29.1 Å². The second kappa shape index (κ2) is 9.36. The highest BCUT2D eigenvalue weighted by Gasteiger charge is 2.13. The predicted molar refractivity (Wildman–Crippen MR) is 105 cm³/mol. The fourth-order valence-electron chi connectivity index (χ4n) is 2.37. The molecule has 0 aliphatic carbocycles. The Labute approximate surface area is 157 Å². The lowest BCUT2D eigenvalue weighted by Gasteiger charge is -2.17. The van der Waals surface area contributed by atoms with Gasteiger partial charge in [-0.3, -0.25) is 4.79 Å². The number of amides is 1. The Morgan fingerprint density at radius 3 is 2.33 bits per heavy atom. The van der Waals surface area contributed by atoms with Gasteiger partial charge in [0.05, 0.1) is 11.8 Å². The molecule has 24 heavy (non-hydrogen) atoms. The largest absolute Gasteiger partial charge is 0.349 e. The second-order valence-electron chi connectivity index (χ2n) is 5.63. The lowest BCUT2D eigenvalue weighted by atomic mass is 10.0. The summed E-state index contributed by atoms with van der Waals surface area (Å²) in [6.07, 6.45) is 0.857. The third kappa shape index (κ3) is 5.44. The van der Waals surface area contributed by atoms with Crippen LogP contribution in [-0.2, 0) is 10.5 Å². The molecule has 2 nitrogen and oxygen atoms in total. The predicted octanol–water partition coefficient (Wildman–Crippen LogP) is 5.80. The highest BCUT2D eigenvalue weighted by molar-refractivity contribution is 7.99. The van der Waals surface area contributed by atoms with Gasteiger partial charge in [0.15, 0.2) is 0 Å². The van der Waals surface area contributed by atoms with Crippen molar-refractivity contribution in [3.63, 3.8) is 0 Å². The highest BCUT2D eigenvalue weighted by Crippen LogP contribution is 2.28. The van der Waals surface area contributed by atoms with Gasteiger partial charge in [0.25, 0.3) is 0 Å². The van der Waals surface area contributed by atoms with E-state index >= 15 is 0 Å². The number of benzene rings is 2. The van der Waals surface area contributed by atoms with Crippen LogP contribution in [0.1, 0.15) is 36.1 Å². The number of carbonyl (C=O) groups excluding carboxylic acids is 1. The maximum absolute atomic E-state index is 12.2. The lowest BCUT2D eigenvalue weighted by molar-refractivity contribution is -0.119. The van der Waals surface area contributed by atoms with Crippen LogP contribution < -0.4 is 5.32 Å². The van der Waals surface area contributed by atoms with Gasteiger partial charge in [-0.15, -0.1) is 11.8 Å². The van der Waals surface area contributed by atoms with Crippen molar-refractivity contribution in [2.75, 3.05) is 5.75 Å². The number of halogens is 2. The molecule has 1 N–H and O–H groups in total. The van der Waals surface area contributed by atoms with Crippen molar-refractivity contribution in [1.29, 1.82) is 0 Å². The number of nitrogens with one attached hydrogen (secondary N) is 1. The van der Waals surface area contributed by atoms with E-state index in [0.717, 1.165) is 17.5 Å². The van der Waals surface area contributed by atoms with Gasteiger partial charge in [-0.1, -0.05) is 66.0 Å². The molecule has 1 atom stereocenters. The summed E-state index contributed by atoms with van der Waals surface area (Å²) in [6.45, 7) is 4.13. The molecule has 0 fully saturated rings. The van der Waals surface area contributed by atoms with Gasteiger partial charge < -0.3 is 5.32 Å². The molecular formula is C19H21Cl2NOS. The number of hydrogen-bond donors (Lipinski definition) is 1. The van der Waals surface area contributed by atoms with Crippen LogP contribution in [0.25, 0.3) is 0 Å². The molecule has 0 saturated carbocycles. The zero-order valence-electron chi connectivity index (χ0n) is 13.8. The van der Waals surface area contributed by atoms with Crippen molar-refractivity contribution in [3.8, 4) is 0 Å². The van der Waals surface area contributed by atoms with E-state index in [1.54, 1.807) is 0 Å². The molecular weight excluding hydrogens is 361 g/mol. The molecule has 5 heteroatoms. The molecule has 0 unspecified atom stereocenters. The lowest BCUT2D eigenvalue weighted by Crippen LogP contribution is -2.29. The van der Waals surface area contributed by atoms with Gasteiger partial charge in [0.2, 0.25) is 5.91 Å². The van der Waals surface area contributed by atoms with Gasteiger partial charge in [-0.05, 0) is 36.6 Å². The summed E-state index contributed by atoms with van der Waals surface area (Å²) in [5, 5.41) is 4.37. The number of aryl methyl sites for hydroxylation is 1. The molecule has 0 bridgehead atoms. The van der Waals surface area contributed by atoms with E-state index < -0.39 is 0 Å². The Kier molecular flexibility index (Phi) is 7.47. The number of carbonyl (C=O) groups is 1. The first-order valence-corrected chi connectivity index (χ1v) is 9.79. The van der Waals surface area contributed by atoms with Crippen LogP contribution in [-0.4, -0.2) is 11.7 Å². The molecule has 2 aromatic carbocycles. The van der Waals surface area contributed by atoms with E-state index in [4.69, 9.17) is 23.2 Å². The van der Waals surface area contributed by atoms with Gasteiger partial charge in [0.1, 0.15) is 0 Å². The molecule has 2 aromatic rings. The quantitative estimate of drug-likeness (QED) is 0.655. The van der Waals surface area contributed by atoms with Gasteiger partial charge in [-0.25, -0.2) is 0 Å². The first kappa shape index (κ1) is 19.2. The van der Waals surface area contributed by atoms with Crippen LogP contribution in [0, 0.1) is 6.92 Å². The van der Waals surface area contributed by atoms with Crippen molar-refractivity contribution in [3.05, 3.63) is 69.2 Å². The summed E-state index contributed by atoms with van der Waals surface area (Å²) in [7, 11) is 0. The fraction of sp³-hybridized carbons (Fsp3) is 0.316. The summed E-state index contributed by atoms with van der Waals surface area (Å²) in [6, 6.07) is 13.8. The summed E-state index contributed by atoms with van der Waals surface area (Å²) in [5.74, 6) is 1.02. The second-order valence-corrected chi connectivity index (χ2v) is 7.43. The van der Waals surface area contributed by atoms with Crippen molar-refractivity contribution < 1.29 is 4.79 Å². The third-order valence-electron chi connectivity index (χ3n) is 3.76. The molecule has 0 saturated heterocycles. The zero-order chi connectivity index (χ0) is 17.5. The summed E-state index contributed by atoms with van der Waals surface area (Å²) >= 11 is 13.8. The molecule has 0 spiro atoms. The van der Waals surface area contributed by atoms with E-state index in [1.165, 1.54) is 17.3 Å². The third-order valence-corrected chi connectivity index (χ3v) is 5.43. The first-order valence-electron chi connectivity index (χ1n) is 7.87. The average molecular weight is 382 g/mol. The summed E-state index contributed by atoms with van der Waals surface area (Å²) in [5.41, 5.74) is 3.23. The smallest absolute Gasteiger partial charge is 0.230 e. The number of hydrogen-bond acceptors (Lipinski definition) is 2. The highest BCUT2D eigenvalue weighted by atomic mass is 35.5. The van der Waals surface area contributed by atoms with Crippen LogP contribution in [0.4, 0.5) is 0 Å². The van der Waals surface area contributed by atoms with E-state index in [-0.39, 0.29) is 11.9 Å². The molecule has 0 aliphatic rings. The van der Waals surface area contributed by atoms with Crippen LogP contribution >= 0.6 is 35.0 Å². The van der Waals surface area contributed by atoms with E-state index in [1.807, 2.05) is 18.2 Å². The Bertz CT molecular complexity index is 668. The maximum atomic E-state index is 12.2. The Morgan fingerprint density at radius 2 is 1.75 bits per heavy atom. The summed E-state index contributed by atoms with van der Waals surface area (Å²) in [4.78, 5) is 12.2. The summed E-state index contributed by atoms with van der Waals surface area (Å²) < 4.78 is 0. The Balaban J connectivity index is 1.87. The zero-order valence-corrected chi connectivity index (χ0v) is 16.1. The first-order chi connectivity index (χ1) is 11.5. The monoisotopic (exact) mass is 381 g/mol. The van der Waals surface area contributed by atoms with Crippen molar-refractivity contribution in [2.24, 2.45) is 0 Å². The molecule has 0 aliphatic heterocycles. The van der Waals surface area contributed by atoms with Crippen LogP contribution in [0.15, 0.2) is 42.5 Å².